The van der Waals surface area contributed by atoms with Crippen molar-refractivity contribution in [1.82, 2.24) is 0 Å². The maximum absolute atomic E-state index is 11.1. The van der Waals surface area contributed by atoms with Crippen LogP contribution in [0.5, 0.6) is 5.75 Å². The molecule has 0 aliphatic rings. The van der Waals surface area contributed by atoms with Crippen LogP contribution >= 0.6 is 0 Å². The highest BCUT2D eigenvalue weighted by Gasteiger charge is 2.14. The van der Waals surface area contributed by atoms with Crippen molar-refractivity contribution >= 4 is 5.97 Å². The molecule has 0 fully saturated rings. The highest BCUT2D eigenvalue weighted by molar-refractivity contribution is 5.74. The van der Waals surface area contributed by atoms with Crippen LogP contribution < -0.4 is 4.74 Å². The van der Waals surface area contributed by atoms with Gasteiger partial charge < -0.3 is 14.6 Å². The summed E-state index contributed by atoms with van der Waals surface area (Å²) in [6.07, 6.45) is 3.09. The second kappa shape index (κ2) is 9.37. The lowest BCUT2D eigenvalue weighted by Crippen LogP contribution is -2.21. The van der Waals surface area contributed by atoms with Crippen LogP contribution in [-0.4, -0.2) is 30.9 Å². The Balaban J connectivity index is 2.36. The number of ether oxygens (including phenoxy) is 2. The Morgan fingerprint density at radius 1 is 1.35 bits per heavy atom. The Hall–Kier alpha value is -1.55. The largest absolute Gasteiger partial charge is 0.494 e. The molecule has 0 amide bonds. The van der Waals surface area contributed by atoms with Crippen molar-refractivity contribution in [2.45, 2.75) is 45.1 Å². The van der Waals surface area contributed by atoms with E-state index < -0.39 is 12.1 Å². The minimum Gasteiger partial charge on any atom is -0.494 e. The molecule has 0 heterocycles. The van der Waals surface area contributed by atoms with Crippen molar-refractivity contribution in [3.63, 3.8) is 0 Å². The summed E-state index contributed by atoms with van der Waals surface area (Å²) < 4.78 is 10.1. The molecule has 112 valence electrons. The molecule has 0 aliphatic carbocycles. The molecule has 0 spiro atoms. The zero-order chi connectivity index (χ0) is 14.8. The van der Waals surface area contributed by atoms with Crippen LogP contribution in [0, 0.1) is 0 Å². The molecule has 0 aliphatic heterocycles. The number of methoxy groups -OCH3 is 1. The summed E-state index contributed by atoms with van der Waals surface area (Å²) in [5.41, 5.74) is 1.15. The van der Waals surface area contributed by atoms with E-state index in [1.54, 1.807) is 0 Å². The van der Waals surface area contributed by atoms with Gasteiger partial charge in [0, 0.05) is 0 Å². The summed E-state index contributed by atoms with van der Waals surface area (Å²) in [6.45, 7) is 2.87. The molecule has 0 saturated carbocycles. The molecule has 1 N–H and O–H groups in total. The molecule has 0 bridgehead atoms. The van der Waals surface area contributed by atoms with Crippen molar-refractivity contribution < 1.29 is 19.4 Å². The topological polar surface area (TPSA) is 55.8 Å². The number of aliphatic hydroxyl groups excluding tert-OH is 1. The van der Waals surface area contributed by atoms with Crippen molar-refractivity contribution in [1.29, 1.82) is 0 Å². The Kier molecular flexibility index (Phi) is 7.73. The molecular formula is C16H24O4. The zero-order valence-corrected chi connectivity index (χ0v) is 12.3. The molecule has 0 saturated heterocycles. The van der Waals surface area contributed by atoms with E-state index in [4.69, 9.17) is 4.74 Å². The van der Waals surface area contributed by atoms with E-state index in [1.165, 1.54) is 7.11 Å². The van der Waals surface area contributed by atoms with Crippen LogP contribution in [0.2, 0.25) is 0 Å². The molecule has 4 nitrogen and oxygen atoms in total. The van der Waals surface area contributed by atoms with Gasteiger partial charge >= 0.3 is 5.97 Å². The van der Waals surface area contributed by atoms with Gasteiger partial charge in [-0.25, -0.2) is 4.79 Å². The number of unbranched alkanes of at least 4 members (excludes halogenated alkanes) is 1. The van der Waals surface area contributed by atoms with Gasteiger partial charge in [0.2, 0.25) is 0 Å². The Morgan fingerprint density at radius 3 is 2.85 bits per heavy atom. The predicted molar refractivity (Wildman–Crippen MR) is 77.8 cm³/mol. The van der Waals surface area contributed by atoms with E-state index in [0.717, 1.165) is 43.6 Å². The van der Waals surface area contributed by atoms with Gasteiger partial charge in [-0.2, -0.15) is 0 Å². The first-order valence-electron chi connectivity index (χ1n) is 7.15. The fourth-order valence-electron chi connectivity index (χ4n) is 1.88. The third kappa shape index (κ3) is 6.06. The zero-order valence-electron chi connectivity index (χ0n) is 12.3. The SMILES string of the molecule is CCCCOc1cccc(CCCC(O)C(=O)OC)c1. The van der Waals surface area contributed by atoms with Crippen LogP contribution in [0.3, 0.4) is 0 Å². The summed E-state index contributed by atoms with van der Waals surface area (Å²) in [4.78, 5) is 11.1. The number of aliphatic hydroxyl groups is 1. The maximum atomic E-state index is 11.1. The normalized spacial score (nSPS) is 11.9. The molecule has 0 aromatic heterocycles. The van der Waals surface area contributed by atoms with Crippen molar-refractivity contribution in [2.75, 3.05) is 13.7 Å². The molecule has 4 heteroatoms. The first kappa shape index (κ1) is 16.5. The van der Waals surface area contributed by atoms with Gasteiger partial charge in [0.05, 0.1) is 13.7 Å². The average Bonchev–Trinajstić information content (AvgIpc) is 2.47. The summed E-state index contributed by atoms with van der Waals surface area (Å²) >= 11 is 0. The van der Waals surface area contributed by atoms with Crippen molar-refractivity contribution in [3.05, 3.63) is 29.8 Å². The monoisotopic (exact) mass is 280 g/mol. The molecule has 1 rings (SSSR count). The van der Waals surface area contributed by atoms with E-state index in [2.05, 4.69) is 11.7 Å². The second-order valence-electron chi connectivity index (χ2n) is 4.78. The average molecular weight is 280 g/mol. The van der Waals surface area contributed by atoms with Crippen LogP contribution in [0.25, 0.3) is 0 Å². The minimum atomic E-state index is -1.02. The minimum absolute atomic E-state index is 0.410. The number of aryl methyl sites for hydroxylation is 1. The first-order valence-corrected chi connectivity index (χ1v) is 7.15. The standard InChI is InChI=1S/C16H24O4/c1-3-4-11-20-14-9-5-7-13(12-14)8-6-10-15(17)16(18)19-2/h5,7,9,12,15,17H,3-4,6,8,10-11H2,1-2H3. The lowest BCUT2D eigenvalue weighted by Gasteiger charge is -2.09. The van der Waals surface area contributed by atoms with Gasteiger partial charge in [0.25, 0.3) is 0 Å². The molecule has 1 aromatic rings. The van der Waals surface area contributed by atoms with Crippen LogP contribution in [0.15, 0.2) is 24.3 Å². The lowest BCUT2D eigenvalue weighted by atomic mass is 10.1. The van der Waals surface area contributed by atoms with Gasteiger partial charge in [-0.15, -0.1) is 0 Å². The fraction of sp³-hybridized carbons (Fsp3) is 0.562. The van der Waals surface area contributed by atoms with Crippen LogP contribution in [0.1, 0.15) is 38.2 Å². The fourth-order valence-corrected chi connectivity index (χ4v) is 1.88. The van der Waals surface area contributed by atoms with Crippen LogP contribution in [0.4, 0.5) is 0 Å². The predicted octanol–water partition coefficient (Wildman–Crippen LogP) is 2.72. The van der Waals surface area contributed by atoms with Gasteiger partial charge in [0.1, 0.15) is 5.75 Å². The Bertz CT molecular complexity index is 403. The summed E-state index contributed by atoms with van der Waals surface area (Å²) in [6, 6.07) is 7.95. The summed E-state index contributed by atoms with van der Waals surface area (Å²) in [7, 11) is 1.28. The number of carbonyl (C=O) groups is 1. The van der Waals surface area contributed by atoms with E-state index in [-0.39, 0.29) is 0 Å². The van der Waals surface area contributed by atoms with E-state index in [9.17, 15) is 9.90 Å². The number of hydrogen-bond donors (Lipinski definition) is 1. The lowest BCUT2D eigenvalue weighted by molar-refractivity contribution is -0.150. The van der Waals surface area contributed by atoms with E-state index in [0.29, 0.717) is 6.42 Å². The molecular weight excluding hydrogens is 256 g/mol. The van der Waals surface area contributed by atoms with Crippen molar-refractivity contribution in [3.8, 4) is 5.75 Å². The number of carbonyl (C=O) groups excluding carboxylic acids is 1. The van der Waals surface area contributed by atoms with Crippen LogP contribution in [-0.2, 0) is 16.0 Å². The number of hydrogen-bond acceptors (Lipinski definition) is 4. The smallest absolute Gasteiger partial charge is 0.334 e. The number of rotatable bonds is 9. The summed E-state index contributed by atoms with van der Waals surface area (Å²) in [5, 5.41) is 9.49. The summed E-state index contributed by atoms with van der Waals surface area (Å²) in [5.74, 6) is 0.311. The molecule has 0 radical (unpaired) electrons. The van der Waals surface area contributed by atoms with Gasteiger partial charge in [0.15, 0.2) is 6.10 Å². The highest BCUT2D eigenvalue weighted by atomic mass is 16.5. The first-order chi connectivity index (χ1) is 9.67. The maximum Gasteiger partial charge on any atom is 0.334 e. The van der Waals surface area contributed by atoms with Gasteiger partial charge in [-0.05, 0) is 43.4 Å². The third-order valence-corrected chi connectivity index (χ3v) is 3.08. The van der Waals surface area contributed by atoms with E-state index >= 15 is 0 Å². The quantitative estimate of drug-likeness (QED) is 0.558. The molecule has 20 heavy (non-hydrogen) atoms. The molecule has 1 atom stereocenters. The second-order valence-corrected chi connectivity index (χ2v) is 4.78. The Morgan fingerprint density at radius 2 is 2.15 bits per heavy atom. The van der Waals surface area contributed by atoms with Crippen molar-refractivity contribution in [2.24, 2.45) is 0 Å². The molecule has 1 unspecified atom stereocenters. The number of benzene rings is 1. The van der Waals surface area contributed by atoms with Gasteiger partial charge in [-0.3, -0.25) is 0 Å². The van der Waals surface area contributed by atoms with Gasteiger partial charge in [-0.1, -0.05) is 25.5 Å². The number of esters is 1. The highest BCUT2D eigenvalue weighted by Crippen LogP contribution is 2.16. The third-order valence-electron chi connectivity index (χ3n) is 3.08. The van der Waals surface area contributed by atoms with E-state index in [1.807, 2.05) is 24.3 Å². The molecule has 1 aromatic carbocycles. The Labute approximate surface area is 120 Å².